The van der Waals surface area contributed by atoms with Gasteiger partial charge in [0.25, 0.3) is 5.91 Å². The quantitative estimate of drug-likeness (QED) is 0.657. The van der Waals surface area contributed by atoms with Gasteiger partial charge in [-0.05, 0) is 68.8 Å². The van der Waals surface area contributed by atoms with E-state index in [1.807, 2.05) is 4.72 Å². The number of carbonyl (C=O) groups is 1. The third-order valence-corrected chi connectivity index (χ3v) is 8.86. The second kappa shape index (κ2) is 7.97. The molecule has 4 rings (SSSR count). The maximum absolute atomic E-state index is 14.6. The Hall–Kier alpha value is -1.34. The van der Waals surface area contributed by atoms with Gasteiger partial charge in [-0.1, -0.05) is 25.4 Å². The van der Waals surface area contributed by atoms with Crippen molar-refractivity contribution in [2.75, 3.05) is 6.61 Å². The summed E-state index contributed by atoms with van der Waals surface area (Å²) in [6.45, 7) is 4.99. The predicted molar refractivity (Wildman–Crippen MR) is 114 cm³/mol. The Morgan fingerprint density at radius 1 is 1.23 bits per heavy atom. The number of hydrogen-bond acceptors (Lipinski definition) is 4. The highest BCUT2D eigenvalue weighted by atomic mass is 35.5. The van der Waals surface area contributed by atoms with E-state index in [0.29, 0.717) is 31.3 Å². The molecule has 0 spiro atoms. The van der Waals surface area contributed by atoms with Crippen LogP contribution in [0.3, 0.4) is 0 Å². The Balaban J connectivity index is 1.43. The number of halogens is 2. The van der Waals surface area contributed by atoms with Crippen molar-refractivity contribution in [2.45, 2.75) is 64.0 Å². The number of benzene rings is 1. The summed E-state index contributed by atoms with van der Waals surface area (Å²) < 4.78 is 46.3. The summed E-state index contributed by atoms with van der Waals surface area (Å²) in [4.78, 5) is 12.2. The number of rotatable bonds is 6. The number of ether oxygens (including phenoxy) is 1. The maximum Gasteiger partial charge on any atom is 0.267 e. The highest BCUT2D eigenvalue weighted by Crippen LogP contribution is 2.50. The molecule has 5 nitrogen and oxygen atoms in total. The molecule has 2 atom stereocenters. The second-order valence-electron chi connectivity index (χ2n) is 9.99. The summed E-state index contributed by atoms with van der Waals surface area (Å²) in [6.07, 6.45) is 7.02. The molecule has 0 aliphatic heterocycles. The van der Waals surface area contributed by atoms with Crippen molar-refractivity contribution >= 4 is 27.5 Å². The van der Waals surface area contributed by atoms with Gasteiger partial charge >= 0.3 is 0 Å². The van der Waals surface area contributed by atoms with Crippen molar-refractivity contribution in [3.8, 4) is 5.75 Å². The van der Waals surface area contributed by atoms with E-state index in [1.54, 1.807) is 0 Å². The van der Waals surface area contributed by atoms with Crippen LogP contribution in [-0.2, 0) is 10.0 Å². The van der Waals surface area contributed by atoms with Crippen molar-refractivity contribution in [1.82, 2.24) is 4.72 Å². The lowest BCUT2D eigenvalue weighted by Gasteiger charge is -2.47. The van der Waals surface area contributed by atoms with Gasteiger partial charge in [-0.15, -0.1) is 0 Å². The zero-order chi connectivity index (χ0) is 21.7. The van der Waals surface area contributed by atoms with Crippen LogP contribution in [0.25, 0.3) is 0 Å². The molecule has 1 aromatic carbocycles. The number of fused-ring (bicyclic) bond motifs is 2. The third kappa shape index (κ3) is 4.77. The molecule has 2 unspecified atom stereocenters. The lowest BCUT2D eigenvalue weighted by molar-refractivity contribution is 0.0146. The molecule has 1 N–H and O–H groups in total. The molecule has 3 aliphatic rings. The van der Waals surface area contributed by atoms with Crippen LogP contribution in [0.15, 0.2) is 12.1 Å². The van der Waals surface area contributed by atoms with E-state index in [2.05, 4.69) is 13.8 Å². The van der Waals surface area contributed by atoms with Crippen LogP contribution in [-0.4, -0.2) is 26.2 Å². The molecule has 0 heterocycles. The molecule has 0 aromatic heterocycles. The molecule has 3 fully saturated rings. The van der Waals surface area contributed by atoms with Gasteiger partial charge in [0, 0.05) is 11.5 Å². The molecule has 0 saturated heterocycles. The molecule has 3 aliphatic carbocycles. The Bertz CT molecular complexity index is 929. The molecule has 1 aromatic rings. The lowest BCUT2D eigenvalue weighted by atomic mass is 9.60. The minimum atomic E-state index is -3.76. The van der Waals surface area contributed by atoms with E-state index in [4.69, 9.17) is 16.3 Å². The van der Waals surface area contributed by atoms with Crippen LogP contribution in [0.2, 0.25) is 5.02 Å². The van der Waals surface area contributed by atoms with Gasteiger partial charge in [0.2, 0.25) is 10.0 Å². The van der Waals surface area contributed by atoms with Crippen LogP contribution < -0.4 is 9.46 Å². The van der Waals surface area contributed by atoms with E-state index in [0.717, 1.165) is 30.9 Å². The van der Waals surface area contributed by atoms with Gasteiger partial charge in [-0.3, -0.25) is 4.79 Å². The van der Waals surface area contributed by atoms with E-state index < -0.39 is 32.6 Å². The number of nitrogens with one attached hydrogen (secondary N) is 1. The van der Waals surface area contributed by atoms with E-state index in [-0.39, 0.29) is 16.2 Å². The Morgan fingerprint density at radius 2 is 1.87 bits per heavy atom. The largest absolute Gasteiger partial charge is 0.491 e. The smallest absolute Gasteiger partial charge is 0.267 e. The third-order valence-electron chi connectivity index (χ3n) is 6.74. The SMILES string of the molecule is CC1CC2CC(C1)CC(C)(COc1cc(F)c(C(=O)NS(=O)(=O)C3CC3)cc1Cl)C2. The normalized spacial score (nSPS) is 31.3. The monoisotopic (exact) mass is 457 g/mol. The molecule has 3 saturated carbocycles. The average molecular weight is 458 g/mol. The standard InChI is InChI=1S/C22H29ClFNO4S/c1-13-5-14-7-15(6-13)11-22(2,10-14)12-29-20-9-19(24)17(8-18(20)23)21(26)25-30(27,28)16-3-4-16/h8-9,13-16H,3-7,10-12H2,1-2H3,(H,25,26). The van der Waals surface area contributed by atoms with E-state index in [9.17, 15) is 17.6 Å². The fourth-order valence-corrected chi connectivity index (χ4v) is 7.05. The first-order valence-electron chi connectivity index (χ1n) is 10.7. The highest BCUT2D eigenvalue weighted by molar-refractivity contribution is 7.91. The molecular formula is C22H29ClFNO4S. The highest BCUT2D eigenvalue weighted by Gasteiger charge is 2.41. The molecule has 166 valence electrons. The van der Waals surface area contributed by atoms with Crippen molar-refractivity contribution in [3.63, 3.8) is 0 Å². The zero-order valence-electron chi connectivity index (χ0n) is 17.4. The molecular weight excluding hydrogens is 429 g/mol. The second-order valence-corrected chi connectivity index (χ2v) is 12.4. The van der Waals surface area contributed by atoms with Crippen LogP contribution in [0.5, 0.6) is 5.75 Å². The molecule has 30 heavy (non-hydrogen) atoms. The summed E-state index contributed by atoms with van der Waals surface area (Å²) in [5.41, 5.74) is -0.383. The van der Waals surface area contributed by atoms with Crippen molar-refractivity contribution < 1.29 is 22.3 Å². The van der Waals surface area contributed by atoms with Crippen LogP contribution >= 0.6 is 11.6 Å². The first kappa shape index (κ1) is 21.9. The van der Waals surface area contributed by atoms with Gasteiger partial charge in [-0.2, -0.15) is 0 Å². The number of carbonyl (C=O) groups excluding carboxylic acids is 1. The molecule has 0 radical (unpaired) electrons. The Labute approximate surface area is 182 Å². The number of hydrogen-bond donors (Lipinski definition) is 1. The summed E-state index contributed by atoms with van der Waals surface area (Å²) in [7, 11) is -3.76. The minimum Gasteiger partial charge on any atom is -0.491 e. The summed E-state index contributed by atoms with van der Waals surface area (Å²) in [6, 6.07) is 2.22. The van der Waals surface area contributed by atoms with Gasteiger partial charge in [0.15, 0.2) is 0 Å². The van der Waals surface area contributed by atoms with E-state index >= 15 is 0 Å². The van der Waals surface area contributed by atoms with Gasteiger partial charge in [0.05, 0.1) is 22.4 Å². The summed E-state index contributed by atoms with van der Waals surface area (Å²) >= 11 is 6.25. The molecule has 1 amide bonds. The maximum atomic E-state index is 14.6. The fourth-order valence-electron chi connectivity index (χ4n) is 5.54. The number of sulfonamides is 1. The Kier molecular flexibility index (Phi) is 5.81. The average Bonchev–Trinajstić information content (AvgIpc) is 3.46. The first-order valence-corrected chi connectivity index (χ1v) is 12.6. The molecule has 8 heteroatoms. The fraction of sp³-hybridized carbons (Fsp3) is 0.682. The number of amides is 1. The Morgan fingerprint density at radius 3 is 2.47 bits per heavy atom. The van der Waals surface area contributed by atoms with Crippen molar-refractivity contribution in [3.05, 3.63) is 28.5 Å². The molecule has 2 bridgehead atoms. The van der Waals surface area contributed by atoms with Crippen molar-refractivity contribution in [1.29, 1.82) is 0 Å². The van der Waals surface area contributed by atoms with Gasteiger partial charge in [-0.25, -0.2) is 17.5 Å². The summed E-state index contributed by atoms with van der Waals surface area (Å²) in [5.74, 6) is 0.540. The topological polar surface area (TPSA) is 72.5 Å². The van der Waals surface area contributed by atoms with Crippen LogP contribution in [0.4, 0.5) is 4.39 Å². The predicted octanol–water partition coefficient (Wildman–Crippen LogP) is 4.93. The van der Waals surface area contributed by atoms with Gasteiger partial charge in [0.1, 0.15) is 11.6 Å². The van der Waals surface area contributed by atoms with Crippen molar-refractivity contribution in [2.24, 2.45) is 23.2 Å². The van der Waals surface area contributed by atoms with Crippen LogP contribution in [0.1, 0.15) is 69.2 Å². The first-order chi connectivity index (χ1) is 14.0. The minimum absolute atomic E-state index is 0.0158. The van der Waals surface area contributed by atoms with Gasteiger partial charge < -0.3 is 4.74 Å². The zero-order valence-corrected chi connectivity index (χ0v) is 19.0. The van der Waals surface area contributed by atoms with Crippen LogP contribution in [0, 0.1) is 29.0 Å². The summed E-state index contributed by atoms with van der Waals surface area (Å²) in [5, 5.41) is -0.472. The van der Waals surface area contributed by atoms with E-state index in [1.165, 1.54) is 19.3 Å². The lowest BCUT2D eigenvalue weighted by Crippen LogP contribution is -2.39.